The van der Waals surface area contributed by atoms with Crippen molar-refractivity contribution in [3.05, 3.63) is 84.2 Å². The van der Waals surface area contributed by atoms with Gasteiger partial charge in [-0.2, -0.15) is 4.31 Å². The highest BCUT2D eigenvalue weighted by Crippen LogP contribution is 2.34. The van der Waals surface area contributed by atoms with Crippen molar-refractivity contribution >= 4 is 10.0 Å². The molecule has 7 heteroatoms. The molecular weight excluding hydrogens is 341 g/mol. The predicted molar refractivity (Wildman–Crippen MR) is 90.5 cm³/mol. The number of rotatable bonds is 3. The van der Waals surface area contributed by atoms with Crippen LogP contribution in [-0.4, -0.2) is 22.3 Å². The summed E-state index contributed by atoms with van der Waals surface area (Å²) in [5, 5.41) is 0. The number of halogens is 1. The highest BCUT2D eigenvalue weighted by Gasteiger charge is 2.37. The van der Waals surface area contributed by atoms with E-state index in [-0.39, 0.29) is 17.5 Å². The first-order valence-electron chi connectivity index (χ1n) is 7.88. The smallest absolute Gasteiger partial charge is 0.244 e. The topological polar surface area (TPSA) is 55.2 Å². The van der Waals surface area contributed by atoms with Crippen LogP contribution in [0, 0.1) is 5.82 Å². The summed E-state index contributed by atoms with van der Waals surface area (Å²) >= 11 is 0. The molecule has 4 rings (SSSR count). The highest BCUT2D eigenvalue weighted by atomic mass is 32.2. The van der Waals surface area contributed by atoms with E-state index in [2.05, 4.69) is 4.98 Å². The number of hydrogen-bond acceptors (Lipinski definition) is 3. The van der Waals surface area contributed by atoms with E-state index >= 15 is 0 Å². The normalized spacial score (nSPS) is 18.0. The molecule has 0 saturated heterocycles. The van der Waals surface area contributed by atoms with Crippen molar-refractivity contribution in [1.82, 2.24) is 13.9 Å². The third-order valence-corrected chi connectivity index (χ3v) is 6.29. The first-order chi connectivity index (χ1) is 12.1. The van der Waals surface area contributed by atoms with Gasteiger partial charge in [-0.15, -0.1) is 0 Å². The SMILES string of the molecule is O=S(=O)(c1ccc(F)cc1)N1Cc2nccn2CC1c1ccccc1. The average molecular weight is 357 g/mol. The van der Waals surface area contributed by atoms with Crippen LogP contribution in [0.15, 0.2) is 71.9 Å². The second kappa shape index (κ2) is 6.09. The predicted octanol–water partition coefficient (Wildman–Crippen LogP) is 2.97. The summed E-state index contributed by atoms with van der Waals surface area (Å²) in [4.78, 5) is 4.33. The number of fused-ring (bicyclic) bond motifs is 1. The lowest BCUT2D eigenvalue weighted by molar-refractivity contribution is 0.243. The average Bonchev–Trinajstić information content (AvgIpc) is 3.09. The fraction of sp³-hybridized carbons (Fsp3) is 0.167. The number of nitrogens with zero attached hydrogens (tertiary/aromatic N) is 3. The maximum Gasteiger partial charge on any atom is 0.244 e. The highest BCUT2D eigenvalue weighted by molar-refractivity contribution is 7.89. The molecule has 2 aromatic carbocycles. The molecule has 0 saturated carbocycles. The second-order valence-corrected chi connectivity index (χ2v) is 7.82. The molecule has 0 radical (unpaired) electrons. The summed E-state index contributed by atoms with van der Waals surface area (Å²) in [6.07, 6.45) is 3.53. The van der Waals surface area contributed by atoms with E-state index < -0.39 is 15.8 Å². The zero-order valence-electron chi connectivity index (χ0n) is 13.3. The molecule has 1 atom stereocenters. The van der Waals surface area contributed by atoms with Crippen molar-refractivity contribution in [3.8, 4) is 0 Å². The molecule has 1 unspecified atom stereocenters. The van der Waals surface area contributed by atoms with Gasteiger partial charge in [0.05, 0.1) is 17.5 Å². The van der Waals surface area contributed by atoms with E-state index in [1.807, 2.05) is 41.1 Å². The van der Waals surface area contributed by atoms with Crippen LogP contribution in [0.3, 0.4) is 0 Å². The molecule has 0 bridgehead atoms. The van der Waals surface area contributed by atoms with E-state index in [0.29, 0.717) is 12.4 Å². The Hall–Kier alpha value is -2.51. The quantitative estimate of drug-likeness (QED) is 0.724. The maximum absolute atomic E-state index is 13.2. The summed E-state index contributed by atoms with van der Waals surface area (Å²) in [5.74, 6) is 0.227. The molecule has 5 nitrogen and oxygen atoms in total. The van der Waals surface area contributed by atoms with Crippen LogP contribution in [-0.2, 0) is 23.1 Å². The van der Waals surface area contributed by atoms with Gasteiger partial charge in [0.1, 0.15) is 11.6 Å². The zero-order chi connectivity index (χ0) is 17.4. The minimum atomic E-state index is -3.78. The Morgan fingerprint density at radius 2 is 1.76 bits per heavy atom. The standard InChI is InChI=1S/C18H16FN3O2S/c19-15-6-8-16(9-7-15)25(23,24)22-13-18-20-10-11-21(18)12-17(22)14-4-2-1-3-5-14/h1-11,17H,12-13H2. The van der Waals surface area contributed by atoms with E-state index in [9.17, 15) is 12.8 Å². The third-order valence-electron chi connectivity index (χ3n) is 4.42. The Kier molecular flexibility index (Phi) is 3.89. The van der Waals surface area contributed by atoms with Gasteiger partial charge < -0.3 is 4.57 Å². The van der Waals surface area contributed by atoms with Crippen LogP contribution in [0.2, 0.25) is 0 Å². The number of sulfonamides is 1. The van der Waals surface area contributed by atoms with Gasteiger partial charge in [0.25, 0.3) is 0 Å². The molecule has 0 spiro atoms. The molecule has 1 aliphatic heterocycles. The van der Waals surface area contributed by atoms with E-state index in [4.69, 9.17) is 0 Å². The largest absolute Gasteiger partial charge is 0.332 e. The van der Waals surface area contributed by atoms with Crippen molar-refractivity contribution in [1.29, 1.82) is 0 Å². The fourth-order valence-electron chi connectivity index (χ4n) is 3.13. The van der Waals surface area contributed by atoms with E-state index in [1.54, 1.807) is 6.20 Å². The van der Waals surface area contributed by atoms with Crippen molar-refractivity contribution < 1.29 is 12.8 Å². The molecule has 128 valence electrons. The van der Waals surface area contributed by atoms with Gasteiger partial charge in [0.2, 0.25) is 10.0 Å². The Balaban J connectivity index is 1.80. The van der Waals surface area contributed by atoms with Crippen molar-refractivity contribution in [2.45, 2.75) is 24.0 Å². The Bertz CT molecular complexity index is 985. The Morgan fingerprint density at radius 3 is 2.48 bits per heavy atom. The summed E-state index contributed by atoms with van der Waals surface area (Å²) in [6.45, 7) is 0.659. The molecule has 0 N–H and O–H groups in total. The first-order valence-corrected chi connectivity index (χ1v) is 9.32. The minimum Gasteiger partial charge on any atom is -0.332 e. The van der Waals surface area contributed by atoms with Gasteiger partial charge in [0, 0.05) is 18.9 Å². The second-order valence-electron chi connectivity index (χ2n) is 5.93. The van der Waals surface area contributed by atoms with E-state index in [0.717, 1.165) is 17.7 Å². The van der Waals surface area contributed by atoms with Crippen LogP contribution in [0.25, 0.3) is 0 Å². The van der Waals surface area contributed by atoms with Crippen molar-refractivity contribution in [2.75, 3.05) is 0 Å². The summed E-state index contributed by atoms with van der Waals surface area (Å²) in [7, 11) is -3.78. The zero-order valence-corrected chi connectivity index (χ0v) is 14.1. The number of aromatic nitrogens is 2. The molecule has 1 aliphatic rings. The first kappa shape index (κ1) is 16.0. The molecule has 25 heavy (non-hydrogen) atoms. The molecular formula is C18H16FN3O2S. The maximum atomic E-state index is 13.2. The third kappa shape index (κ3) is 2.85. The minimum absolute atomic E-state index is 0.0786. The number of imidazole rings is 1. The lowest BCUT2D eigenvalue weighted by Gasteiger charge is -2.35. The van der Waals surface area contributed by atoms with Gasteiger partial charge in [-0.25, -0.2) is 17.8 Å². The van der Waals surface area contributed by atoms with Crippen LogP contribution < -0.4 is 0 Å². The fourth-order valence-corrected chi connectivity index (χ4v) is 4.69. The lowest BCUT2D eigenvalue weighted by atomic mass is 10.1. The van der Waals surface area contributed by atoms with Gasteiger partial charge >= 0.3 is 0 Å². The van der Waals surface area contributed by atoms with Gasteiger partial charge in [0.15, 0.2) is 0 Å². The van der Waals surface area contributed by atoms with Crippen molar-refractivity contribution in [2.24, 2.45) is 0 Å². The van der Waals surface area contributed by atoms with Gasteiger partial charge in [-0.05, 0) is 29.8 Å². The Morgan fingerprint density at radius 1 is 1.04 bits per heavy atom. The molecule has 2 heterocycles. The van der Waals surface area contributed by atoms with Crippen LogP contribution in [0.4, 0.5) is 4.39 Å². The van der Waals surface area contributed by atoms with Gasteiger partial charge in [-0.1, -0.05) is 30.3 Å². The number of hydrogen-bond donors (Lipinski definition) is 0. The molecule has 0 aliphatic carbocycles. The summed E-state index contributed by atoms with van der Waals surface area (Å²) in [6, 6.07) is 14.1. The van der Waals surface area contributed by atoms with E-state index in [1.165, 1.54) is 16.4 Å². The van der Waals surface area contributed by atoms with Crippen LogP contribution in [0.1, 0.15) is 17.4 Å². The number of benzene rings is 2. The van der Waals surface area contributed by atoms with Crippen LogP contribution in [0.5, 0.6) is 0 Å². The van der Waals surface area contributed by atoms with Crippen LogP contribution >= 0.6 is 0 Å². The summed E-state index contributed by atoms with van der Waals surface area (Å²) in [5.41, 5.74) is 0.910. The Labute approximate surface area is 145 Å². The molecule has 0 amide bonds. The van der Waals surface area contributed by atoms with Crippen molar-refractivity contribution in [3.63, 3.8) is 0 Å². The molecule has 1 aromatic heterocycles. The summed E-state index contributed by atoms with van der Waals surface area (Å²) < 4.78 is 43.0. The van der Waals surface area contributed by atoms with Gasteiger partial charge in [-0.3, -0.25) is 0 Å². The monoisotopic (exact) mass is 357 g/mol. The lowest BCUT2D eigenvalue weighted by Crippen LogP contribution is -2.41. The molecule has 3 aromatic rings. The molecule has 0 fully saturated rings.